The van der Waals surface area contributed by atoms with E-state index in [0.717, 1.165) is 5.56 Å². The lowest BCUT2D eigenvalue weighted by molar-refractivity contribution is -0.125. The predicted molar refractivity (Wildman–Crippen MR) is 105 cm³/mol. The minimum atomic E-state index is -0.488. The monoisotopic (exact) mass is 382 g/mol. The molecule has 1 heterocycles. The molecule has 0 bridgehead atoms. The minimum Gasteiger partial charge on any atom is -0.469 e. The van der Waals surface area contributed by atoms with Crippen LogP contribution in [0.3, 0.4) is 0 Å². The summed E-state index contributed by atoms with van der Waals surface area (Å²) in [5.74, 6) is -0.337. The number of nitrogens with one attached hydrogen (secondary N) is 2. The zero-order valence-electron chi connectivity index (χ0n) is 14.5. The minimum absolute atomic E-state index is 0.115. The van der Waals surface area contributed by atoms with Crippen LogP contribution in [0.15, 0.2) is 77.4 Å². The maximum atomic E-state index is 12.7. The maximum Gasteiger partial charge on any atom is 0.243 e. The van der Waals surface area contributed by atoms with Crippen molar-refractivity contribution in [2.45, 2.75) is 12.3 Å². The van der Waals surface area contributed by atoms with Gasteiger partial charge in [0, 0.05) is 17.1 Å². The van der Waals surface area contributed by atoms with Crippen molar-refractivity contribution in [3.05, 3.63) is 89.3 Å². The highest BCUT2D eigenvalue weighted by molar-refractivity contribution is 6.30. The molecule has 0 spiro atoms. The second-order valence-electron chi connectivity index (χ2n) is 6.02. The summed E-state index contributed by atoms with van der Waals surface area (Å²) in [7, 11) is 0. The van der Waals surface area contributed by atoms with Crippen molar-refractivity contribution in [2.24, 2.45) is 0 Å². The maximum absolute atomic E-state index is 12.7. The van der Waals surface area contributed by atoms with Gasteiger partial charge in [-0.05, 0) is 42.0 Å². The topological polar surface area (TPSA) is 71.3 Å². The molecule has 1 unspecified atom stereocenters. The Hall–Kier alpha value is -3.05. The number of carbonyl (C=O) groups excluding carboxylic acids is 2. The molecule has 0 aliphatic rings. The number of furan rings is 1. The van der Waals surface area contributed by atoms with E-state index >= 15 is 0 Å². The third-order valence-corrected chi connectivity index (χ3v) is 4.31. The molecular formula is C21H19ClN2O3. The number of hydrogen-bond donors (Lipinski definition) is 2. The molecule has 1 atom stereocenters. The van der Waals surface area contributed by atoms with Crippen LogP contribution >= 0.6 is 11.6 Å². The molecule has 0 radical (unpaired) electrons. The number of carbonyl (C=O) groups is 2. The summed E-state index contributed by atoms with van der Waals surface area (Å²) in [5.41, 5.74) is 1.48. The van der Waals surface area contributed by atoms with E-state index in [1.807, 2.05) is 24.3 Å². The van der Waals surface area contributed by atoms with Gasteiger partial charge in [0.25, 0.3) is 0 Å². The van der Waals surface area contributed by atoms with Gasteiger partial charge in [-0.2, -0.15) is 0 Å². The van der Waals surface area contributed by atoms with Crippen molar-refractivity contribution in [3.63, 3.8) is 0 Å². The molecule has 3 rings (SSSR count). The van der Waals surface area contributed by atoms with E-state index < -0.39 is 5.92 Å². The Bertz CT molecular complexity index is 878. The van der Waals surface area contributed by atoms with Crippen molar-refractivity contribution >= 4 is 29.1 Å². The highest BCUT2D eigenvalue weighted by Crippen LogP contribution is 2.23. The van der Waals surface area contributed by atoms with Gasteiger partial charge in [-0.3, -0.25) is 9.59 Å². The van der Waals surface area contributed by atoms with Gasteiger partial charge in [-0.25, -0.2) is 0 Å². The number of anilines is 1. The van der Waals surface area contributed by atoms with E-state index in [-0.39, 0.29) is 18.4 Å². The van der Waals surface area contributed by atoms with Crippen LogP contribution in [-0.4, -0.2) is 18.4 Å². The molecule has 138 valence electrons. The molecule has 6 heteroatoms. The summed E-state index contributed by atoms with van der Waals surface area (Å²) in [6.45, 7) is -0.115. The third kappa shape index (κ3) is 5.46. The molecule has 0 fully saturated rings. The largest absolute Gasteiger partial charge is 0.469 e. The second-order valence-corrected chi connectivity index (χ2v) is 6.46. The highest BCUT2D eigenvalue weighted by atomic mass is 35.5. The van der Waals surface area contributed by atoms with Gasteiger partial charge in [-0.15, -0.1) is 0 Å². The van der Waals surface area contributed by atoms with Gasteiger partial charge < -0.3 is 15.1 Å². The average Bonchev–Trinajstić information content (AvgIpc) is 3.19. The highest BCUT2D eigenvalue weighted by Gasteiger charge is 2.23. The lowest BCUT2D eigenvalue weighted by Gasteiger charge is -2.16. The molecule has 0 aliphatic heterocycles. The summed E-state index contributed by atoms with van der Waals surface area (Å²) >= 11 is 5.95. The van der Waals surface area contributed by atoms with Crippen LogP contribution < -0.4 is 10.6 Å². The van der Waals surface area contributed by atoms with Crippen molar-refractivity contribution in [1.82, 2.24) is 5.32 Å². The van der Waals surface area contributed by atoms with E-state index in [9.17, 15) is 9.59 Å². The molecule has 5 nitrogen and oxygen atoms in total. The van der Waals surface area contributed by atoms with E-state index in [1.165, 1.54) is 0 Å². The Balaban J connectivity index is 1.65. The van der Waals surface area contributed by atoms with Gasteiger partial charge in [0.15, 0.2) is 0 Å². The molecule has 2 amide bonds. The lowest BCUT2D eigenvalue weighted by Crippen LogP contribution is -2.36. The van der Waals surface area contributed by atoms with Crippen LogP contribution in [0.1, 0.15) is 17.2 Å². The molecule has 3 aromatic rings. The Morgan fingerprint density at radius 2 is 1.70 bits per heavy atom. The van der Waals surface area contributed by atoms with Crippen molar-refractivity contribution < 1.29 is 14.0 Å². The fourth-order valence-corrected chi connectivity index (χ4v) is 2.83. The van der Waals surface area contributed by atoms with Gasteiger partial charge in [0.05, 0.1) is 18.7 Å². The average molecular weight is 383 g/mol. The summed E-state index contributed by atoms with van der Waals surface area (Å²) in [4.78, 5) is 24.8. The van der Waals surface area contributed by atoms with Crippen LogP contribution in [0.2, 0.25) is 5.02 Å². The fourth-order valence-electron chi connectivity index (χ4n) is 2.70. The second kappa shape index (κ2) is 9.05. The van der Waals surface area contributed by atoms with Gasteiger partial charge >= 0.3 is 0 Å². The Morgan fingerprint density at radius 3 is 2.37 bits per heavy atom. The third-order valence-electron chi connectivity index (χ3n) is 4.05. The number of amides is 2. The first-order valence-electron chi connectivity index (χ1n) is 8.52. The van der Waals surface area contributed by atoms with Crippen molar-refractivity contribution in [3.8, 4) is 0 Å². The number of benzene rings is 2. The quantitative estimate of drug-likeness (QED) is 0.648. The van der Waals surface area contributed by atoms with Crippen molar-refractivity contribution in [2.75, 3.05) is 11.9 Å². The zero-order valence-corrected chi connectivity index (χ0v) is 15.3. The summed E-state index contributed by atoms with van der Waals surface area (Å²) in [6.07, 6.45) is 1.96. The first kappa shape index (κ1) is 18.7. The van der Waals surface area contributed by atoms with E-state index in [1.54, 1.807) is 48.7 Å². The van der Waals surface area contributed by atoms with Crippen LogP contribution in [-0.2, 0) is 16.0 Å². The zero-order chi connectivity index (χ0) is 19.1. The SMILES string of the molecule is O=C(CNC(=O)C(Cc1ccco1)c1ccc(Cl)cc1)Nc1ccccc1. The van der Waals surface area contributed by atoms with Crippen LogP contribution in [0.5, 0.6) is 0 Å². The van der Waals surface area contributed by atoms with Gasteiger partial charge in [0.2, 0.25) is 11.8 Å². The number of para-hydroxylation sites is 1. The Labute approximate surface area is 162 Å². The molecular weight excluding hydrogens is 364 g/mol. The molecule has 2 N–H and O–H groups in total. The number of rotatable bonds is 7. The summed E-state index contributed by atoms with van der Waals surface area (Å²) < 4.78 is 5.38. The molecule has 27 heavy (non-hydrogen) atoms. The molecule has 0 saturated carbocycles. The predicted octanol–water partition coefficient (Wildman–Crippen LogP) is 4.01. The number of halogens is 1. The molecule has 0 saturated heterocycles. The van der Waals surface area contributed by atoms with Crippen molar-refractivity contribution in [1.29, 1.82) is 0 Å². The fraction of sp³-hybridized carbons (Fsp3) is 0.143. The molecule has 0 aliphatic carbocycles. The van der Waals surface area contributed by atoms with Crippen LogP contribution in [0, 0.1) is 0 Å². The van der Waals surface area contributed by atoms with Gasteiger partial charge in [-0.1, -0.05) is 41.9 Å². The Morgan fingerprint density at radius 1 is 0.963 bits per heavy atom. The van der Waals surface area contributed by atoms with Gasteiger partial charge in [0.1, 0.15) is 5.76 Å². The van der Waals surface area contributed by atoms with E-state index in [2.05, 4.69) is 10.6 Å². The Kier molecular flexibility index (Phi) is 6.28. The van der Waals surface area contributed by atoms with Crippen LogP contribution in [0.25, 0.3) is 0 Å². The molecule has 1 aromatic heterocycles. The lowest BCUT2D eigenvalue weighted by atomic mass is 9.93. The first-order chi connectivity index (χ1) is 13.1. The van der Waals surface area contributed by atoms with E-state index in [0.29, 0.717) is 22.9 Å². The molecule has 2 aromatic carbocycles. The normalized spacial score (nSPS) is 11.6. The number of hydrogen-bond acceptors (Lipinski definition) is 3. The smallest absolute Gasteiger partial charge is 0.243 e. The first-order valence-corrected chi connectivity index (χ1v) is 8.90. The van der Waals surface area contributed by atoms with Crippen LogP contribution in [0.4, 0.5) is 5.69 Å². The standard InChI is InChI=1S/C21H19ClN2O3/c22-16-10-8-15(9-11-16)19(13-18-7-4-12-27-18)21(26)23-14-20(25)24-17-5-2-1-3-6-17/h1-12,19H,13-14H2,(H,23,26)(H,24,25). The van der Waals surface area contributed by atoms with E-state index in [4.69, 9.17) is 16.0 Å². The summed E-state index contributed by atoms with van der Waals surface area (Å²) in [5, 5.41) is 6.04. The summed E-state index contributed by atoms with van der Waals surface area (Å²) in [6, 6.07) is 19.8.